The molecule has 0 unspecified atom stereocenters. The van der Waals surface area contributed by atoms with Gasteiger partial charge in [-0.2, -0.15) is 0 Å². The van der Waals surface area contributed by atoms with E-state index in [2.05, 4.69) is 412 Å². The van der Waals surface area contributed by atoms with E-state index in [4.69, 9.17) is 19.7 Å². The molecule has 139 heavy (non-hydrogen) atoms. The summed E-state index contributed by atoms with van der Waals surface area (Å²) in [4.78, 5) is 14.2. The summed E-state index contributed by atoms with van der Waals surface area (Å²) in [6.45, 7) is 40.6. The van der Waals surface area contributed by atoms with Crippen molar-refractivity contribution in [2.75, 3.05) is 0 Å². The zero-order valence-corrected chi connectivity index (χ0v) is 82.0. The van der Waals surface area contributed by atoms with Crippen LogP contribution in [0.25, 0.3) is 224 Å². The standard InChI is InChI=1S/C46H36N2O.C46H36N2.C40H32N2/c1-25-18-26(2)44(27(3)19-25)48-40-17-14-32(49-31-10-8-7-9-11-31)23-35(40)36-21-29-12-13-30-22-38-43(33-15-16-34(45(36)48)42(29)41(30)33)37-20-28(4)47-24-39(37)46(38,5)6;1-25-18-26(2)44(27(3)19-25)48-40-17-14-30(29-10-8-7-9-11-29)21-35(40)36-22-31-12-13-32-23-38-43(33-15-16-34(45(36)48)42(31)41(32)33)37-20-28(4)47-24-39(37)46(38,5)6;1-21-15-22(2)38(23(3)16-21)42-34-10-8-7-9-27(34)30-18-26-12-11-25-13-14-28-29-17-24(4)41-20-33(29)40(5,6)32-19-31(39(30)42)35(26)36(25)37(28)32/h7-24H,1-6H3;7-24H,1-6H3;7-20H,1-6H3. The second kappa shape index (κ2) is 29.1. The van der Waals surface area contributed by atoms with Crippen LogP contribution >= 0.6 is 0 Å². The molecule has 0 aliphatic heterocycles. The molecule has 3 aliphatic rings. The summed E-state index contributed by atoms with van der Waals surface area (Å²) < 4.78 is 14.0. The molecule has 0 fully saturated rings. The van der Waals surface area contributed by atoms with Gasteiger partial charge in [0, 0.05) is 100 Å². The van der Waals surface area contributed by atoms with Gasteiger partial charge in [0.1, 0.15) is 11.5 Å². The molecule has 29 rings (SSSR count). The van der Waals surface area contributed by atoms with Crippen LogP contribution in [-0.2, 0) is 16.2 Å². The van der Waals surface area contributed by atoms with Crippen molar-refractivity contribution in [3.05, 3.63) is 404 Å². The van der Waals surface area contributed by atoms with E-state index >= 15 is 0 Å². The first-order valence-electron chi connectivity index (χ1n) is 49.2. The first-order chi connectivity index (χ1) is 67.1. The van der Waals surface area contributed by atoms with Crippen LogP contribution in [0.4, 0.5) is 0 Å². The molecule has 7 heteroatoms. The molecule has 7 nitrogen and oxygen atoms in total. The number of aromatic nitrogens is 6. The smallest absolute Gasteiger partial charge is 0.128 e. The number of ether oxygens (including phenoxy) is 1. The quantitative estimate of drug-likeness (QED) is 0.156. The Bertz CT molecular complexity index is 9890. The highest BCUT2D eigenvalue weighted by Gasteiger charge is 2.42. The van der Waals surface area contributed by atoms with E-state index in [-0.39, 0.29) is 16.2 Å². The van der Waals surface area contributed by atoms with Crippen molar-refractivity contribution in [3.63, 3.8) is 0 Å². The maximum absolute atomic E-state index is 6.39. The summed E-state index contributed by atoms with van der Waals surface area (Å²) >= 11 is 0. The molecule has 668 valence electrons. The van der Waals surface area contributed by atoms with Crippen LogP contribution in [0.1, 0.15) is 142 Å². The Hall–Kier alpha value is -15.8. The Morgan fingerprint density at radius 1 is 0.223 bits per heavy atom. The SMILES string of the molecule is Cc1cc(C)c(-n2c3ccc(-c4ccccc4)cc3c3cc4ccc5cc6c(c7ccc(c4c57)c32)-c2cc(C)ncc2C6(C)C)c(C)c1.Cc1cc(C)c(-n2c3ccc(Oc4ccccc4)cc3c3cc4ccc5cc6c(c7ccc(c4c57)c32)-c2cc(C)ncc2C6(C)C)c(C)c1.Cc1cc(C)c(-n2c3ccccc3c3cc4ccc5ccc6c7c(cc(c4c57)c32)C(C)(C)c2cnc(C)cc2-6)c(C)c1. The molecule has 6 heterocycles. The lowest BCUT2D eigenvalue weighted by Crippen LogP contribution is -2.24. The van der Waals surface area contributed by atoms with E-state index < -0.39 is 0 Å². The van der Waals surface area contributed by atoms with Gasteiger partial charge in [-0.3, -0.25) is 15.0 Å². The van der Waals surface area contributed by atoms with Crippen molar-refractivity contribution in [2.24, 2.45) is 0 Å². The molecule has 26 aromatic rings. The summed E-state index contributed by atoms with van der Waals surface area (Å²) in [5, 5.41) is 31.5. The van der Waals surface area contributed by atoms with E-state index in [0.29, 0.717) is 0 Å². The Balaban J connectivity index is 0.000000105. The zero-order chi connectivity index (χ0) is 94.6. The maximum Gasteiger partial charge on any atom is 0.128 e. The van der Waals surface area contributed by atoms with Gasteiger partial charge in [0.05, 0.1) is 50.2 Å². The van der Waals surface area contributed by atoms with Crippen molar-refractivity contribution in [3.8, 4) is 73.1 Å². The molecule has 0 radical (unpaired) electrons. The number of para-hydroxylation sites is 2. The van der Waals surface area contributed by atoms with Crippen molar-refractivity contribution < 1.29 is 4.74 Å². The average molecular weight is 1790 g/mol. The minimum Gasteiger partial charge on any atom is -0.457 e. The van der Waals surface area contributed by atoms with Crippen molar-refractivity contribution in [1.82, 2.24) is 28.7 Å². The highest BCUT2D eigenvalue weighted by atomic mass is 16.5. The van der Waals surface area contributed by atoms with Gasteiger partial charge in [-0.1, -0.05) is 240 Å². The Kier molecular flexibility index (Phi) is 17.3. The highest BCUT2D eigenvalue weighted by molar-refractivity contribution is 6.38. The fourth-order valence-electron chi connectivity index (χ4n) is 26.6. The molecule has 6 aromatic heterocycles. The third kappa shape index (κ3) is 11.6. The lowest BCUT2D eigenvalue weighted by Gasteiger charge is -2.36. The van der Waals surface area contributed by atoms with E-state index in [1.807, 2.05) is 30.3 Å². The Morgan fingerprint density at radius 3 is 1.09 bits per heavy atom. The minimum absolute atomic E-state index is 0.105. The number of hydrogen-bond acceptors (Lipinski definition) is 4. The minimum atomic E-state index is -0.189. The van der Waals surface area contributed by atoms with Gasteiger partial charge in [0.15, 0.2) is 0 Å². The van der Waals surface area contributed by atoms with Gasteiger partial charge in [0.2, 0.25) is 0 Å². The van der Waals surface area contributed by atoms with E-state index in [1.54, 1.807) is 0 Å². The number of aryl methyl sites for hydroxylation is 12. The lowest BCUT2D eigenvalue weighted by molar-refractivity contribution is 0.483. The molecular weight excluding hydrogens is 1690 g/mol. The summed E-state index contributed by atoms with van der Waals surface area (Å²) in [6, 6.07) is 107. The van der Waals surface area contributed by atoms with Crippen LogP contribution in [-0.4, -0.2) is 28.7 Å². The van der Waals surface area contributed by atoms with Crippen molar-refractivity contribution >= 4 is 162 Å². The predicted molar refractivity (Wildman–Crippen MR) is 588 cm³/mol. The van der Waals surface area contributed by atoms with Gasteiger partial charge in [-0.05, 0) is 378 Å². The highest BCUT2D eigenvalue weighted by Crippen LogP contribution is 2.60. The molecule has 3 aliphatic carbocycles. The van der Waals surface area contributed by atoms with Crippen LogP contribution in [0.5, 0.6) is 11.5 Å². The second-order valence-corrected chi connectivity index (χ2v) is 42.4. The number of benzene rings is 20. The molecule has 0 saturated heterocycles. The normalized spacial score (nSPS) is 13.9. The fourth-order valence-corrected chi connectivity index (χ4v) is 26.6. The summed E-state index contributed by atoms with van der Waals surface area (Å²) in [6.07, 6.45) is 6.32. The monoisotopic (exact) mass is 1790 g/mol. The van der Waals surface area contributed by atoms with Crippen LogP contribution in [0, 0.1) is 83.1 Å². The van der Waals surface area contributed by atoms with Gasteiger partial charge >= 0.3 is 0 Å². The van der Waals surface area contributed by atoms with Crippen molar-refractivity contribution in [1.29, 1.82) is 0 Å². The van der Waals surface area contributed by atoms with Gasteiger partial charge in [-0.25, -0.2) is 0 Å². The fraction of sp³-hybridized carbons (Fsp3) is 0.159. The summed E-state index contributed by atoms with van der Waals surface area (Å²) in [7, 11) is 0. The zero-order valence-electron chi connectivity index (χ0n) is 82.0. The van der Waals surface area contributed by atoms with Crippen LogP contribution < -0.4 is 4.74 Å². The number of nitrogens with zero attached hydrogens (tertiary/aromatic N) is 6. The van der Waals surface area contributed by atoms with Crippen LogP contribution in [0.3, 0.4) is 0 Å². The first kappa shape index (κ1) is 82.6. The average Bonchev–Trinajstić information content (AvgIpc) is 1.60. The third-order valence-electron chi connectivity index (χ3n) is 32.4. The van der Waals surface area contributed by atoms with Gasteiger partial charge < -0.3 is 18.4 Å². The molecule has 0 amide bonds. The third-order valence-corrected chi connectivity index (χ3v) is 32.4. The van der Waals surface area contributed by atoms with Crippen LogP contribution in [0.15, 0.2) is 304 Å². The van der Waals surface area contributed by atoms with Crippen LogP contribution in [0.2, 0.25) is 0 Å². The maximum atomic E-state index is 6.39. The lowest BCUT2D eigenvalue weighted by atomic mass is 9.67. The molecule has 0 N–H and O–H groups in total. The number of hydrogen-bond donors (Lipinski definition) is 0. The van der Waals surface area contributed by atoms with Gasteiger partial charge in [-0.15, -0.1) is 0 Å². The molecular formula is C132H104N6O. The molecule has 0 atom stereocenters. The Labute approximate surface area is 808 Å². The van der Waals surface area contributed by atoms with E-state index in [9.17, 15) is 0 Å². The van der Waals surface area contributed by atoms with E-state index in [1.165, 1.54) is 307 Å². The predicted octanol–water partition coefficient (Wildman–Crippen LogP) is 35.3. The Morgan fingerprint density at radius 2 is 0.597 bits per heavy atom. The second-order valence-electron chi connectivity index (χ2n) is 42.4. The van der Waals surface area contributed by atoms with E-state index in [0.717, 1.165) is 28.6 Å². The van der Waals surface area contributed by atoms with Crippen molar-refractivity contribution in [2.45, 2.75) is 141 Å². The number of rotatable bonds is 6. The summed E-state index contributed by atoms with van der Waals surface area (Å²) in [5.41, 5.74) is 44.4. The van der Waals surface area contributed by atoms with Gasteiger partial charge in [0.25, 0.3) is 0 Å². The number of fused-ring (bicyclic) bond motifs is 22. The molecule has 0 spiro atoms. The first-order valence-corrected chi connectivity index (χ1v) is 49.2. The molecule has 0 bridgehead atoms. The molecule has 20 aromatic carbocycles. The largest absolute Gasteiger partial charge is 0.457 e. The topological polar surface area (TPSA) is 62.7 Å². The number of pyridine rings is 3. The summed E-state index contributed by atoms with van der Waals surface area (Å²) in [5.74, 6) is 1.67. The molecule has 0 saturated carbocycles.